The lowest BCUT2D eigenvalue weighted by Gasteiger charge is -2.09. The van der Waals surface area contributed by atoms with Gasteiger partial charge in [0.2, 0.25) is 15.9 Å². The molecule has 4 aromatic rings. The van der Waals surface area contributed by atoms with Crippen molar-refractivity contribution in [2.75, 3.05) is 0 Å². The molecule has 0 bridgehead atoms. The summed E-state index contributed by atoms with van der Waals surface area (Å²) in [6.07, 6.45) is 1.54. The molecular formula is C24H20FN3O4S2. The lowest BCUT2D eigenvalue weighted by Crippen LogP contribution is -2.24. The van der Waals surface area contributed by atoms with Crippen molar-refractivity contribution in [2.24, 2.45) is 0 Å². The van der Waals surface area contributed by atoms with Crippen LogP contribution < -0.4 is 14.8 Å². The van der Waals surface area contributed by atoms with Gasteiger partial charge in [-0.3, -0.25) is 4.79 Å². The van der Waals surface area contributed by atoms with Crippen LogP contribution in [0.15, 0.2) is 89.3 Å². The summed E-state index contributed by atoms with van der Waals surface area (Å²) in [6.45, 7) is 0.421. The van der Waals surface area contributed by atoms with Crippen molar-refractivity contribution in [3.8, 4) is 11.6 Å². The molecule has 0 aliphatic heterocycles. The predicted octanol–water partition coefficient (Wildman–Crippen LogP) is 4.48. The van der Waals surface area contributed by atoms with Crippen molar-refractivity contribution in [2.45, 2.75) is 18.0 Å². The van der Waals surface area contributed by atoms with E-state index in [2.05, 4.69) is 15.0 Å². The molecule has 2 aromatic carbocycles. The Morgan fingerprint density at radius 2 is 1.76 bits per heavy atom. The normalized spacial score (nSPS) is 11.2. The highest BCUT2D eigenvalue weighted by Gasteiger charge is 2.15. The van der Waals surface area contributed by atoms with E-state index in [9.17, 15) is 17.6 Å². The molecule has 4 rings (SSSR count). The molecule has 1 amide bonds. The van der Waals surface area contributed by atoms with Crippen LogP contribution in [0.4, 0.5) is 4.39 Å². The van der Waals surface area contributed by atoms with E-state index in [-0.39, 0.29) is 29.7 Å². The van der Waals surface area contributed by atoms with Crippen LogP contribution in [-0.2, 0) is 23.1 Å². The second-order valence-electron chi connectivity index (χ2n) is 7.17. The first-order valence-corrected chi connectivity index (χ1v) is 12.5. The van der Waals surface area contributed by atoms with Gasteiger partial charge in [-0.2, -0.15) is 0 Å². The third-order valence-electron chi connectivity index (χ3n) is 4.73. The SMILES string of the molecule is O=C(NCc1ccnc(Oc2ccc(F)cc2)c1)c1ccc(S(=O)(=O)NCc2cccs2)cc1. The molecular weight excluding hydrogens is 477 g/mol. The van der Waals surface area contributed by atoms with Crippen molar-refractivity contribution >= 4 is 27.3 Å². The summed E-state index contributed by atoms with van der Waals surface area (Å²) in [7, 11) is -3.68. The molecule has 2 N–H and O–H groups in total. The van der Waals surface area contributed by atoms with E-state index >= 15 is 0 Å². The van der Waals surface area contributed by atoms with Gasteiger partial charge in [0, 0.05) is 35.8 Å². The molecule has 0 spiro atoms. The average Bonchev–Trinajstić information content (AvgIpc) is 3.37. The Labute approximate surface area is 200 Å². The largest absolute Gasteiger partial charge is 0.439 e. The van der Waals surface area contributed by atoms with E-state index in [0.717, 1.165) is 10.4 Å². The summed E-state index contributed by atoms with van der Waals surface area (Å²) in [5.41, 5.74) is 1.08. The topological polar surface area (TPSA) is 97.4 Å². The van der Waals surface area contributed by atoms with Gasteiger partial charge < -0.3 is 10.1 Å². The van der Waals surface area contributed by atoms with Crippen LogP contribution in [0.1, 0.15) is 20.8 Å². The minimum Gasteiger partial charge on any atom is -0.439 e. The summed E-state index contributed by atoms with van der Waals surface area (Å²) in [5, 5.41) is 4.66. The van der Waals surface area contributed by atoms with Crippen LogP contribution in [-0.4, -0.2) is 19.3 Å². The van der Waals surface area contributed by atoms with E-state index in [4.69, 9.17) is 4.74 Å². The van der Waals surface area contributed by atoms with Crippen LogP contribution >= 0.6 is 11.3 Å². The number of rotatable bonds is 9. The number of thiophene rings is 1. The molecule has 0 saturated carbocycles. The number of ether oxygens (including phenoxy) is 1. The minimum atomic E-state index is -3.68. The van der Waals surface area contributed by atoms with Crippen molar-refractivity contribution in [3.05, 3.63) is 106 Å². The Balaban J connectivity index is 1.33. The Hall–Kier alpha value is -3.60. The first-order chi connectivity index (χ1) is 16.4. The predicted molar refractivity (Wildman–Crippen MR) is 127 cm³/mol. The second kappa shape index (κ2) is 10.6. The summed E-state index contributed by atoms with van der Waals surface area (Å²) < 4.78 is 46.1. The molecule has 0 atom stereocenters. The number of carbonyl (C=O) groups excluding carboxylic acids is 1. The number of carbonyl (C=O) groups is 1. The van der Waals surface area contributed by atoms with Gasteiger partial charge in [0.05, 0.1) is 4.90 Å². The Bertz CT molecular complexity index is 1360. The van der Waals surface area contributed by atoms with Crippen molar-refractivity contribution in [3.63, 3.8) is 0 Å². The molecule has 7 nitrogen and oxygen atoms in total. The quantitative estimate of drug-likeness (QED) is 0.355. The number of hydrogen-bond donors (Lipinski definition) is 2. The molecule has 0 aliphatic carbocycles. The van der Waals surface area contributed by atoms with E-state index in [1.165, 1.54) is 59.9 Å². The summed E-state index contributed by atoms with van der Waals surface area (Å²) in [5.74, 6) is 0.0309. The fourth-order valence-electron chi connectivity index (χ4n) is 2.97. The Morgan fingerprint density at radius 3 is 2.47 bits per heavy atom. The van der Waals surface area contributed by atoms with Crippen LogP contribution in [0.5, 0.6) is 11.6 Å². The van der Waals surface area contributed by atoms with Gasteiger partial charge in [0.1, 0.15) is 11.6 Å². The Kier molecular flexibility index (Phi) is 7.31. The molecule has 0 aliphatic rings. The van der Waals surface area contributed by atoms with E-state index < -0.39 is 10.0 Å². The second-order valence-corrected chi connectivity index (χ2v) is 9.97. The van der Waals surface area contributed by atoms with Crippen LogP contribution in [0.25, 0.3) is 0 Å². The van der Waals surface area contributed by atoms with Gasteiger partial charge in [-0.25, -0.2) is 22.5 Å². The number of aromatic nitrogens is 1. The molecule has 174 valence electrons. The zero-order valence-electron chi connectivity index (χ0n) is 17.8. The maximum Gasteiger partial charge on any atom is 0.251 e. The fraction of sp³-hybridized carbons (Fsp3) is 0.0833. The summed E-state index contributed by atoms with van der Waals surface area (Å²) >= 11 is 1.47. The lowest BCUT2D eigenvalue weighted by molar-refractivity contribution is 0.0950. The number of pyridine rings is 1. The molecule has 2 heterocycles. The number of nitrogens with zero attached hydrogens (tertiary/aromatic N) is 1. The standard InChI is InChI=1S/C24H20FN3O4S2/c25-19-5-7-20(8-6-19)32-23-14-17(11-12-26-23)15-27-24(29)18-3-9-22(10-4-18)34(30,31)28-16-21-2-1-13-33-21/h1-14,28H,15-16H2,(H,27,29). The number of halogens is 1. The number of amides is 1. The fourth-order valence-corrected chi connectivity index (χ4v) is 4.71. The highest BCUT2D eigenvalue weighted by molar-refractivity contribution is 7.89. The highest BCUT2D eigenvalue weighted by atomic mass is 32.2. The minimum absolute atomic E-state index is 0.0809. The van der Waals surface area contributed by atoms with Gasteiger partial charge in [0.15, 0.2) is 0 Å². The molecule has 2 aromatic heterocycles. The van der Waals surface area contributed by atoms with Gasteiger partial charge in [0.25, 0.3) is 5.91 Å². The van der Waals surface area contributed by atoms with Crippen molar-refractivity contribution < 1.29 is 22.3 Å². The maximum absolute atomic E-state index is 13.0. The summed E-state index contributed by atoms with van der Waals surface area (Å²) in [6, 6.07) is 18.4. The third-order valence-corrected chi connectivity index (χ3v) is 7.03. The van der Waals surface area contributed by atoms with E-state index in [1.54, 1.807) is 18.3 Å². The van der Waals surface area contributed by atoms with Crippen molar-refractivity contribution in [1.82, 2.24) is 15.0 Å². The monoisotopic (exact) mass is 497 g/mol. The number of hydrogen-bond acceptors (Lipinski definition) is 6. The zero-order valence-corrected chi connectivity index (χ0v) is 19.4. The van der Waals surface area contributed by atoms with Gasteiger partial charge in [-0.05, 0) is 71.6 Å². The maximum atomic E-state index is 13.0. The highest BCUT2D eigenvalue weighted by Crippen LogP contribution is 2.20. The first kappa shape index (κ1) is 23.6. The molecule has 0 fully saturated rings. The molecule has 0 saturated heterocycles. The van der Waals surface area contributed by atoms with Crippen LogP contribution in [0, 0.1) is 5.82 Å². The van der Waals surface area contributed by atoms with E-state index in [1.807, 2.05) is 17.5 Å². The smallest absolute Gasteiger partial charge is 0.251 e. The molecule has 10 heteroatoms. The Morgan fingerprint density at radius 1 is 1.00 bits per heavy atom. The van der Waals surface area contributed by atoms with Gasteiger partial charge in [-0.1, -0.05) is 6.07 Å². The van der Waals surface area contributed by atoms with Crippen LogP contribution in [0.3, 0.4) is 0 Å². The average molecular weight is 498 g/mol. The molecule has 34 heavy (non-hydrogen) atoms. The lowest BCUT2D eigenvalue weighted by atomic mass is 10.2. The molecule has 0 radical (unpaired) electrons. The summed E-state index contributed by atoms with van der Waals surface area (Å²) in [4.78, 5) is 17.6. The number of nitrogens with one attached hydrogen (secondary N) is 2. The van der Waals surface area contributed by atoms with Crippen LogP contribution in [0.2, 0.25) is 0 Å². The van der Waals surface area contributed by atoms with Crippen molar-refractivity contribution in [1.29, 1.82) is 0 Å². The third kappa shape index (κ3) is 6.25. The molecule has 0 unspecified atom stereocenters. The van der Waals surface area contributed by atoms with Gasteiger partial charge >= 0.3 is 0 Å². The number of sulfonamides is 1. The first-order valence-electron chi connectivity index (χ1n) is 10.2. The van der Waals surface area contributed by atoms with Gasteiger partial charge in [-0.15, -0.1) is 11.3 Å². The zero-order chi connectivity index (χ0) is 24.0. The van der Waals surface area contributed by atoms with E-state index in [0.29, 0.717) is 17.2 Å². The number of benzene rings is 2.